The Balaban J connectivity index is 0. The highest BCUT2D eigenvalue weighted by Gasteiger charge is 2.18. The number of carbonyl (C=O) groups is 1. The van der Waals surface area contributed by atoms with Gasteiger partial charge in [-0.05, 0) is 19.8 Å². The first-order chi connectivity index (χ1) is 8.99. The highest BCUT2D eigenvalue weighted by Crippen LogP contribution is 2.15. The van der Waals surface area contributed by atoms with E-state index in [2.05, 4.69) is 6.92 Å². The predicted molar refractivity (Wildman–Crippen MR) is 81.9 cm³/mol. The van der Waals surface area contributed by atoms with Gasteiger partial charge in [0.25, 0.3) is 0 Å². The molecule has 0 aromatic heterocycles. The van der Waals surface area contributed by atoms with Crippen LogP contribution in [0.2, 0.25) is 0 Å². The van der Waals surface area contributed by atoms with Gasteiger partial charge in [-0.2, -0.15) is 0 Å². The third-order valence-corrected chi connectivity index (χ3v) is 2.50. The van der Waals surface area contributed by atoms with Gasteiger partial charge in [0.1, 0.15) is 0 Å². The summed E-state index contributed by atoms with van der Waals surface area (Å²) in [6.07, 6.45) is 6.01. The summed E-state index contributed by atoms with van der Waals surface area (Å²) < 4.78 is 4.21. The van der Waals surface area contributed by atoms with Crippen molar-refractivity contribution in [1.29, 1.82) is 0 Å². The fourth-order valence-corrected chi connectivity index (χ4v) is 1.61. The lowest BCUT2D eigenvalue weighted by molar-refractivity contribution is -0.148. The van der Waals surface area contributed by atoms with Gasteiger partial charge < -0.3 is 9.84 Å². The van der Waals surface area contributed by atoms with Crippen LogP contribution in [0.1, 0.15) is 52.4 Å². The van der Waals surface area contributed by atoms with E-state index in [1.165, 1.54) is 12.8 Å². The van der Waals surface area contributed by atoms with Crippen LogP contribution in [0.5, 0.6) is 0 Å². The maximum absolute atomic E-state index is 11.5. The van der Waals surface area contributed by atoms with Crippen molar-refractivity contribution in [2.24, 2.45) is 5.92 Å². The highest BCUT2D eigenvalue weighted by atomic mass is 35.6. The summed E-state index contributed by atoms with van der Waals surface area (Å²) in [5.41, 5.74) is 0. The summed E-state index contributed by atoms with van der Waals surface area (Å²) in [4.78, 5) is 11.5. The summed E-state index contributed by atoms with van der Waals surface area (Å²) in [5.74, 6) is -0.255. The Morgan fingerprint density at radius 2 is 1.68 bits per heavy atom. The van der Waals surface area contributed by atoms with E-state index in [1.807, 2.05) is 6.92 Å². The number of ether oxygens (including phenoxy) is 1. The minimum atomic E-state index is -0.750. The van der Waals surface area contributed by atoms with Gasteiger partial charge in [0, 0.05) is 6.61 Å². The summed E-state index contributed by atoms with van der Waals surface area (Å²) in [5, 5.41) is 8.85. The number of alkyl halides is 3. The van der Waals surface area contributed by atoms with Crippen molar-refractivity contribution in [1.82, 2.24) is 0 Å². The van der Waals surface area contributed by atoms with Crippen molar-refractivity contribution < 1.29 is 14.6 Å². The average molecular weight is 336 g/mol. The Labute approximate surface area is 131 Å². The molecule has 1 unspecified atom stereocenters. The maximum Gasteiger partial charge on any atom is 0.309 e. The van der Waals surface area contributed by atoms with Crippen molar-refractivity contribution in [3.05, 3.63) is 0 Å². The molecule has 0 rings (SSSR count). The fourth-order valence-electron chi connectivity index (χ4n) is 1.61. The molecular weight excluding hydrogens is 310 g/mol. The zero-order valence-corrected chi connectivity index (χ0v) is 14.0. The van der Waals surface area contributed by atoms with Crippen molar-refractivity contribution in [3.63, 3.8) is 0 Å². The SMILES string of the molecule is CCCCCCC(CCO)C(=O)OCC.ClC(Cl)Cl. The van der Waals surface area contributed by atoms with Crippen LogP contribution in [0.4, 0.5) is 0 Å². The van der Waals surface area contributed by atoms with Gasteiger partial charge in [0.2, 0.25) is 0 Å². The number of unbranched alkanes of at least 4 members (excludes halogenated alkanes) is 3. The molecule has 0 aliphatic rings. The van der Waals surface area contributed by atoms with Crippen LogP contribution in [0, 0.1) is 5.92 Å². The number of hydrogen-bond donors (Lipinski definition) is 1. The van der Waals surface area contributed by atoms with Gasteiger partial charge in [-0.25, -0.2) is 0 Å². The van der Waals surface area contributed by atoms with Gasteiger partial charge >= 0.3 is 5.97 Å². The van der Waals surface area contributed by atoms with Crippen molar-refractivity contribution in [3.8, 4) is 0 Å². The molecule has 1 N–H and O–H groups in total. The number of aliphatic hydroxyl groups excluding tert-OH is 1. The summed E-state index contributed by atoms with van der Waals surface area (Å²) in [7, 11) is 0. The topological polar surface area (TPSA) is 46.5 Å². The second-order valence-electron chi connectivity index (χ2n) is 4.06. The molecule has 0 saturated carbocycles. The number of aliphatic hydroxyl groups is 1. The smallest absolute Gasteiger partial charge is 0.309 e. The Kier molecular flexibility index (Phi) is 18.6. The highest BCUT2D eigenvalue weighted by molar-refractivity contribution is 6.63. The molecule has 19 heavy (non-hydrogen) atoms. The van der Waals surface area contributed by atoms with E-state index in [1.54, 1.807) is 0 Å². The van der Waals surface area contributed by atoms with Crippen molar-refractivity contribution >= 4 is 40.8 Å². The summed E-state index contributed by atoms with van der Waals surface area (Å²) in [6, 6.07) is 0. The average Bonchev–Trinajstić information content (AvgIpc) is 2.32. The predicted octanol–water partition coefficient (Wildman–Crippen LogP) is 4.50. The molecular formula is C13H25Cl3O3. The van der Waals surface area contributed by atoms with Crippen LogP contribution in [0.3, 0.4) is 0 Å². The molecule has 116 valence electrons. The maximum atomic E-state index is 11.5. The van der Waals surface area contributed by atoms with Crippen LogP contribution in [-0.2, 0) is 9.53 Å². The second kappa shape index (κ2) is 16.4. The molecule has 0 radical (unpaired) electrons. The third kappa shape index (κ3) is 18.3. The van der Waals surface area contributed by atoms with E-state index < -0.39 is 4.30 Å². The van der Waals surface area contributed by atoms with Gasteiger partial charge in [-0.15, -0.1) is 0 Å². The van der Waals surface area contributed by atoms with E-state index in [-0.39, 0.29) is 18.5 Å². The van der Waals surface area contributed by atoms with Crippen LogP contribution in [0.15, 0.2) is 0 Å². The minimum absolute atomic E-state index is 0.0667. The first-order valence-corrected chi connectivity index (χ1v) is 8.00. The zero-order chi connectivity index (χ0) is 15.1. The summed E-state index contributed by atoms with van der Waals surface area (Å²) >= 11 is 14.4. The van der Waals surface area contributed by atoms with Crippen molar-refractivity contribution in [2.45, 2.75) is 56.7 Å². The Morgan fingerprint density at radius 1 is 1.11 bits per heavy atom. The number of carbonyl (C=O) groups excluding carboxylic acids is 1. The first kappa shape index (κ1) is 21.6. The Bertz CT molecular complexity index is 199. The van der Waals surface area contributed by atoms with Gasteiger partial charge in [-0.1, -0.05) is 67.4 Å². The molecule has 0 bridgehead atoms. The monoisotopic (exact) mass is 334 g/mol. The molecule has 0 aliphatic heterocycles. The first-order valence-electron chi connectivity index (χ1n) is 6.69. The standard InChI is InChI=1S/C12H24O3.CHCl3/c1-3-5-6-7-8-11(9-10-13)12(14)15-4-2;2-1(3)4/h11,13H,3-10H2,1-2H3;1H. The van der Waals surface area contributed by atoms with Crippen LogP contribution >= 0.6 is 34.8 Å². The summed E-state index contributed by atoms with van der Waals surface area (Å²) in [6.45, 7) is 4.47. The zero-order valence-electron chi connectivity index (χ0n) is 11.7. The molecule has 0 aromatic carbocycles. The normalized spacial score (nSPS) is 11.7. The van der Waals surface area contributed by atoms with E-state index in [9.17, 15) is 4.79 Å². The molecule has 1 atom stereocenters. The molecule has 0 saturated heterocycles. The number of halogens is 3. The molecule has 6 heteroatoms. The largest absolute Gasteiger partial charge is 0.466 e. The van der Waals surface area contributed by atoms with E-state index in [0.717, 1.165) is 19.3 Å². The van der Waals surface area contributed by atoms with Gasteiger partial charge in [0.05, 0.1) is 12.5 Å². The molecule has 0 aliphatic carbocycles. The van der Waals surface area contributed by atoms with E-state index in [0.29, 0.717) is 13.0 Å². The third-order valence-electron chi connectivity index (χ3n) is 2.50. The lowest BCUT2D eigenvalue weighted by atomic mass is 9.98. The molecule has 0 fully saturated rings. The fraction of sp³-hybridized carbons (Fsp3) is 0.923. The number of esters is 1. The van der Waals surface area contributed by atoms with Gasteiger partial charge in [0.15, 0.2) is 4.30 Å². The molecule has 0 spiro atoms. The minimum Gasteiger partial charge on any atom is -0.466 e. The molecule has 3 nitrogen and oxygen atoms in total. The Hall–Kier alpha value is 0.300. The quantitative estimate of drug-likeness (QED) is 0.383. The van der Waals surface area contributed by atoms with E-state index >= 15 is 0 Å². The number of rotatable bonds is 9. The van der Waals surface area contributed by atoms with Crippen LogP contribution < -0.4 is 0 Å². The van der Waals surface area contributed by atoms with E-state index in [4.69, 9.17) is 44.6 Å². The lowest BCUT2D eigenvalue weighted by Gasteiger charge is -2.13. The van der Waals surface area contributed by atoms with Crippen molar-refractivity contribution in [2.75, 3.05) is 13.2 Å². The molecule has 0 amide bonds. The number of hydrogen-bond acceptors (Lipinski definition) is 3. The molecule has 0 aromatic rings. The van der Waals surface area contributed by atoms with Crippen LogP contribution in [0.25, 0.3) is 0 Å². The van der Waals surface area contributed by atoms with Gasteiger partial charge in [-0.3, -0.25) is 4.79 Å². The molecule has 0 heterocycles. The second-order valence-corrected chi connectivity index (χ2v) is 6.04. The Morgan fingerprint density at radius 3 is 2.11 bits per heavy atom. The lowest BCUT2D eigenvalue weighted by Crippen LogP contribution is -2.19. The van der Waals surface area contributed by atoms with Crippen LogP contribution in [-0.4, -0.2) is 28.6 Å².